The number of benzene rings is 1. The highest BCUT2D eigenvalue weighted by molar-refractivity contribution is 7.89. The van der Waals surface area contributed by atoms with E-state index in [1.807, 2.05) is 5.32 Å². The predicted octanol–water partition coefficient (Wildman–Crippen LogP) is 0.0819. The van der Waals surface area contributed by atoms with Gasteiger partial charge in [0.1, 0.15) is 0 Å². The van der Waals surface area contributed by atoms with Gasteiger partial charge in [-0.25, -0.2) is 22.3 Å². The number of hydrogen-bond donors (Lipinski definition) is 2. The molecule has 1 saturated carbocycles. The summed E-state index contributed by atoms with van der Waals surface area (Å²) in [6, 6.07) is 4.74. The van der Waals surface area contributed by atoms with Crippen molar-refractivity contribution in [3.05, 3.63) is 29.8 Å². The Morgan fingerprint density at radius 2 is 1.92 bits per heavy atom. The zero-order valence-corrected chi connectivity index (χ0v) is 14.6. The average molecular weight is 369 g/mol. The molecule has 2 rings (SSSR count). The number of nitrogens with zero attached hydrogens (tertiary/aromatic N) is 1. The first-order chi connectivity index (χ1) is 11.7. The number of ether oxygens (including phenoxy) is 1. The standard InChI is InChI=1S/C15H19N3O6S/c1-18(2)25(22,23)12-5-3-4-10(8-12)14(20)24-9-13(19)17-15(21)16-11-6-7-11/h3-5,8,11H,6-7,9H2,1-2H3,(H2,16,17,19,21). The molecule has 1 aromatic carbocycles. The molecule has 0 aliphatic heterocycles. The minimum absolute atomic E-state index is 0.0156. The molecule has 0 radical (unpaired) electrons. The van der Waals surface area contributed by atoms with E-state index in [0.29, 0.717) is 0 Å². The van der Waals surface area contributed by atoms with Crippen LogP contribution in [0.5, 0.6) is 0 Å². The van der Waals surface area contributed by atoms with Gasteiger partial charge in [0, 0.05) is 20.1 Å². The molecule has 0 spiro atoms. The number of sulfonamides is 1. The van der Waals surface area contributed by atoms with Gasteiger partial charge in [-0.3, -0.25) is 10.1 Å². The Morgan fingerprint density at radius 1 is 1.24 bits per heavy atom. The van der Waals surface area contributed by atoms with Gasteiger partial charge in [-0.05, 0) is 31.0 Å². The first-order valence-corrected chi connectivity index (χ1v) is 8.94. The number of rotatable bonds is 6. The fourth-order valence-corrected chi connectivity index (χ4v) is 2.77. The van der Waals surface area contributed by atoms with Crippen LogP contribution in [0.2, 0.25) is 0 Å². The van der Waals surface area contributed by atoms with Crippen molar-refractivity contribution in [2.75, 3.05) is 20.7 Å². The summed E-state index contributed by atoms with van der Waals surface area (Å²) in [5.74, 6) is -1.64. The van der Waals surface area contributed by atoms with Gasteiger partial charge in [-0.2, -0.15) is 0 Å². The van der Waals surface area contributed by atoms with Crippen LogP contribution >= 0.6 is 0 Å². The van der Waals surface area contributed by atoms with Gasteiger partial charge in [0.15, 0.2) is 6.61 Å². The number of amides is 3. The van der Waals surface area contributed by atoms with Crippen molar-refractivity contribution in [3.8, 4) is 0 Å². The van der Waals surface area contributed by atoms with Crippen molar-refractivity contribution in [2.45, 2.75) is 23.8 Å². The summed E-state index contributed by atoms with van der Waals surface area (Å²) in [5.41, 5.74) is -0.0156. The van der Waals surface area contributed by atoms with E-state index in [4.69, 9.17) is 4.74 Å². The molecule has 136 valence electrons. The van der Waals surface area contributed by atoms with Crippen molar-refractivity contribution in [1.82, 2.24) is 14.9 Å². The van der Waals surface area contributed by atoms with Gasteiger partial charge < -0.3 is 10.1 Å². The van der Waals surface area contributed by atoms with E-state index >= 15 is 0 Å². The first kappa shape index (κ1) is 18.9. The number of imide groups is 1. The molecule has 2 N–H and O–H groups in total. The van der Waals surface area contributed by atoms with Gasteiger partial charge in [0.25, 0.3) is 5.91 Å². The molecule has 25 heavy (non-hydrogen) atoms. The lowest BCUT2D eigenvalue weighted by Crippen LogP contribution is -2.42. The van der Waals surface area contributed by atoms with Crippen LogP contribution in [-0.2, 0) is 19.6 Å². The third-order valence-electron chi connectivity index (χ3n) is 3.35. The van der Waals surface area contributed by atoms with E-state index in [-0.39, 0.29) is 16.5 Å². The van der Waals surface area contributed by atoms with Crippen LogP contribution in [0.3, 0.4) is 0 Å². The molecule has 3 amide bonds. The van der Waals surface area contributed by atoms with E-state index in [9.17, 15) is 22.8 Å². The summed E-state index contributed by atoms with van der Waals surface area (Å²) in [4.78, 5) is 34.8. The molecule has 1 aliphatic carbocycles. The molecule has 1 aromatic rings. The number of urea groups is 1. The fraction of sp³-hybridized carbons (Fsp3) is 0.400. The molecule has 0 unspecified atom stereocenters. The molecule has 1 aliphatic rings. The zero-order chi connectivity index (χ0) is 18.6. The molecule has 9 nitrogen and oxygen atoms in total. The highest BCUT2D eigenvalue weighted by Crippen LogP contribution is 2.18. The third-order valence-corrected chi connectivity index (χ3v) is 5.16. The lowest BCUT2D eigenvalue weighted by Gasteiger charge is -2.12. The second-order valence-corrected chi connectivity index (χ2v) is 7.84. The van der Waals surface area contributed by atoms with Crippen LogP contribution in [0.25, 0.3) is 0 Å². The Hall–Kier alpha value is -2.46. The summed E-state index contributed by atoms with van der Waals surface area (Å²) >= 11 is 0. The minimum Gasteiger partial charge on any atom is -0.452 e. The summed E-state index contributed by atoms with van der Waals surface area (Å²) < 4.78 is 29.9. The molecule has 10 heteroatoms. The van der Waals surface area contributed by atoms with E-state index in [2.05, 4.69) is 5.32 Å². The Morgan fingerprint density at radius 3 is 2.52 bits per heavy atom. The average Bonchev–Trinajstić information content (AvgIpc) is 3.36. The van der Waals surface area contributed by atoms with Gasteiger partial charge in [0.2, 0.25) is 10.0 Å². The molecule has 0 aromatic heterocycles. The van der Waals surface area contributed by atoms with Crippen molar-refractivity contribution in [2.24, 2.45) is 0 Å². The van der Waals surface area contributed by atoms with E-state index in [0.717, 1.165) is 23.2 Å². The summed E-state index contributed by atoms with van der Waals surface area (Å²) in [6.45, 7) is -0.651. The van der Waals surface area contributed by atoms with Crippen LogP contribution in [0, 0.1) is 0 Å². The van der Waals surface area contributed by atoms with Crippen molar-refractivity contribution < 1.29 is 27.5 Å². The van der Waals surface area contributed by atoms with Crippen LogP contribution in [-0.4, -0.2) is 57.4 Å². The van der Waals surface area contributed by atoms with Crippen LogP contribution < -0.4 is 10.6 Å². The largest absolute Gasteiger partial charge is 0.452 e. The minimum atomic E-state index is -3.69. The number of hydrogen-bond acceptors (Lipinski definition) is 6. The van der Waals surface area contributed by atoms with Crippen LogP contribution in [0.4, 0.5) is 4.79 Å². The van der Waals surface area contributed by atoms with Gasteiger partial charge in [0.05, 0.1) is 10.5 Å². The Balaban J connectivity index is 1.92. The topological polar surface area (TPSA) is 122 Å². The molecule has 1 fully saturated rings. The summed E-state index contributed by atoms with van der Waals surface area (Å²) in [6.07, 6.45) is 1.76. The number of nitrogens with one attached hydrogen (secondary N) is 2. The smallest absolute Gasteiger partial charge is 0.338 e. The molecule has 0 atom stereocenters. The molecule has 0 saturated heterocycles. The monoisotopic (exact) mass is 369 g/mol. The Labute approximate surface area is 145 Å². The van der Waals surface area contributed by atoms with Crippen molar-refractivity contribution in [1.29, 1.82) is 0 Å². The van der Waals surface area contributed by atoms with Gasteiger partial charge in [-0.1, -0.05) is 6.07 Å². The highest BCUT2D eigenvalue weighted by atomic mass is 32.2. The maximum absolute atomic E-state index is 12.1. The molecular formula is C15H19N3O6S. The van der Waals surface area contributed by atoms with Gasteiger partial charge >= 0.3 is 12.0 Å². The summed E-state index contributed by atoms with van der Waals surface area (Å²) in [5, 5.41) is 4.60. The highest BCUT2D eigenvalue weighted by Gasteiger charge is 2.24. The number of esters is 1. The maximum atomic E-state index is 12.1. The van der Waals surface area contributed by atoms with Crippen molar-refractivity contribution in [3.63, 3.8) is 0 Å². The molecule has 0 heterocycles. The SMILES string of the molecule is CN(C)S(=O)(=O)c1cccc(C(=O)OCC(=O)NC(=O)NC2CC2)c1. The predicted molar refractivity (Wildman–Crippen MR) is 87.3 cm³/mol. The lowest BCUT2D eigenvalue weighted by molar-refractivity contribution is -0.123. The first-order valence-electron chi connectivity index (χ1n) is 7.50. The fourth-order valence-electron chi connectivity index (χ4n) is 1.82. The Kier molecular flexibility index (Phi) is 5.75. The maximum Gasteiger partial charge on any atom is 0.338 e. The van der Waals surface area contributed by atoms with E-state index < -0.39 is 34.5 Å². The Bertz CT molecular complexity index is 786. The normalized spacial score (nSPS) is 14.0. The second-order valence-electron chi connectivity index (χ2n) is 5.69. The third kappa shape index (κ3) is 5.26. The van der Waals surface area contributed by atoms with E-state index in [1.165, 1.54) is 32.3 Å². The lowest BCUT2D eigenvalue weighted by atomic mass is 10.2. The molecule has 0 bridgehead atoms. The van der Waals surface area contributed by atoms with Crippen LogP contribution in [0.1, 0.15) is 23.2 Å². The van der Waals surface area contributed by atoms with Gasteiger partial charge in [-0.15, -0.1) is 0 Å². The zero-order valence-electron chi connectivity index (χ0n) is 13.8. The second kappa shape index (κ2) is 7.62. The van der Waals surface area contributed by atoms with E-state index in [1.54, 1.807) is 0 Å². The van der Waals surface area contributed by atoms with Crippen LogP contribution in [0.15, 0.2) is 29.2 Å². The summed E-state index contributed by atoms with van der Waals surface area (Å²) in [7, 11) is -0.948. The number of carbonyl (C=O) groups is 3. The number of carbonyl (C=O) groups excluding carboxylic acids is 3. The van der Waals surface area contributed by atoms with Crippen molar-refractivity contribution >= 4 is 27.9 Å². The molecular weight excluding hydrogens is 350 g/mol. The quantitative estimate of drug-likeness (QED) is 0.685.